The number of piperidine rings is 1. The molecule has 2 aromatic heterocycles. The molecule has 6 heteroatoms. The Labute approximate surface area is 129 Å². The van der Waals surface area contributed by atoms with Crippen LogP contribution in [0.4, 0.5) is 0 Å². The molecular weight excluding hydrogens is 280 g/mol. The number of rotatable bonds is 3. The molecule has 3 heterocycles. The van der Waals surface area contributed by atoms with Crippen LogP contribution in [0.2, 0.25) is 0 Å². The zero-order valence-corrected chi connectivity index (χ0v) is 13.0. The van der Waals surface area contributed by atoms with Crippen molar-refractivity contribution in [1.82, 2.24) is 19.5 Å². The molecule has 1 atom stereocenters. The minimum atomic E-state index is -0.300. The van der Waals surface area contributed by atoms with Crippen LogP contribution in [0, 0.1) is 6.92 Å². The van der Waals surface area contributed by atoms with E-state index in [1.165, 1.54) is 0 Å². The van der Waals surface area contributed by atoms with Crippen molar-refractivity contribution in [3.05, 3.63) is 29.7 Å². The maximum absolute atomic E-state index is 12.9. The summed E-state index contributed by atoms with van der Waals surface area (Å²) >= 11 is 0. The second kappa shape index (κ2) is 5.87. The van der Waals surface area contributed by atoms with Gasteiger partial charge in [-0.1, -0.05) is 6.92 Å². The second-order valence-electron chi connectivity index (χ2n) is 5.73. The van der Waals surface area contributed by atoms with E-state index in [9.17, 15) is 9.59 Å². The van der Waals surface area contributed by atoms with Crippen molar-refractivity contribution in [2.24, 2.45) is 0 Å². The minimum absolute atomic E-state index is 0.133. The molecule has 0 aliphatic carbocycles. The molecule has 116 valence electrons. The molecule has 1 aliphatic heterocycles. The van der Waals surface area contributed by atoms with Crippen LogP contribution in [0.5, 0.6) is 0 Å². The summed E-state index contributed by atoms with van der Waals surface area (Å²) in [7, 11) is 0. The van der Waals surface area contributed by atoms with Crippen molar-refractivity contribution in [3.63, 3.8) is 0 Å². The van der Waals surface area contributed by atoms with Gasteiger partial charge in [0.1, 0.15) is 5.56 Å². The summed E-state index contributed by atoms with van der Waals surface area (Å²) in [5, 5.41) is 4.19. The standard InChI is InChI=1S/C16H20N4O2/c1-3-14(21)13-6-4-5-8-19(13)16(22)12-10-17-20-9-7-11(2)18-15(12)20/h7,9-10,13H,3-6,8H2,1-2H3/t13-/m1/s1. The maximum Gasteiger partial charge on any atom is 0.259 e. The number of amides is 1. The Morgan fingerprint density at radius 1 is 1.36 bits per heavy atom. The van der Waals surface area contributed by atoms with Crippen LogP contribution in [0.15, 0.2) is 18.5 Å². The molecule has 3 rings (SSSR count). The fourth-order valence-corrected chi connectivity index (χ4v) is 3.01. The molecule has 22 heavy (non-hydrogen) atoms. The molecule has 6 nitrogen and oxygen atoms in total. The van der Waals surface area contributed by atoms with Crippen molar-refractivity contribution in [2.45, 2.75) is 45.6 Å². The Morgan fingerprint density at radius 3 is 2.95 bits per heavy atom. The largest absolute Gasteiger partial charge is 0.328 e. The summed E-state index contributed by atoms with van der Waals surface area (Å²) in [4.78, 5) is 31.2. The first kappa shape index (κ1) is 14.7. The molecular formula is C16H20N4O2. The van der Waals surface area contributed by atoms with E-state index in [1.54, 1.807) is 21.8 Å². The van der Waals surface area contributed by atoms with Gasteiger partial charge in [0.2, 0.25) is 0 Å². The molecule has 1 aliphatic rings. The Balaban J connectivity index is 1.97. The van der Waals surface area contributed by atoms with Gasteiger partial charge in [-0.25, -0.2) is 9.50 Å². The third-order valence-electron chi connectivity index (χ3n) is 4.22. The number of carbonyl (C=O) groups excluding carboxylic acids is 2. The van der Waals surface area contributed by atoms with Gasteiger partial charge in [0.15, 0.2) is 11.4 Å². The van der Waals surface area contributed by atoms with Crippen molar-refractivity contribution in [2.75, 3.05) is 6.54 Å². The predicted octanol–water partition coefficient (Wildman–Crippen LogP) is 2.01. The molecule has 1 saturated heterocycles. The Morgan fingerprint density at radius 2 is 2.18 bits per heavy atom. The van der Waals surface area contributed by atoms with Crippen LogP contribution in [0.3, 0.4) is 0 Å². The monoisotopic (exact) mass is 300 g/mol. The molecule has 0 aromatic carbocycles. The van der Waals surface area contributed by atoms with Gasteiger partial charge in [-0.05, 0) is 32.3 Å². The average molecular weight is 300 g/mol. The van der Waals surface area contributed by atoms with Crippen LogP contribution in [-0.2, 0) is 4.79 Å². The van der Waals surface area contributed by atoms with Crippen LogP contribution in [0.1, 0.15) is 48.7 Å². The molecule has 0 N–H and O–H groups in total. The Hall–Kier alpha value is -2.24. The first-order chi connectivity index (χ1) is 10.6. The normalized spacial score (nSPS) is 18.6. The van der Waals surface area contributed by atoms with E-state index in [2.05, 4.69) is 10.1 Å². The highest BCUT2D eigenvalue weighted by Gasteiger charge is 2.32. The summed E-state index contributed by atoms with van der Waals surface area (Å²) in [5.41, 5.74) is 1.86. The summed E-state index contributed by atoms with van der Waals surface area (Å²) in [5.74, 6) is -0.00624. The Kier molecular flexibility index (Phi) is 3.92. The topological polar surface area (TPSA) is 67.6 Å². The number of aryl methyl sites for hydroxylation is 1. The van der Waals surface area contributed by atoms with Gasteiger partial charge in [-0.15, -0.1) is 0 Å². The third-order valence-corrected chi connectivity index (χ3v) is 4.22. The lowest BCUT2D eigenvalue weighted by Gasteiger charge is -2.34. The van der Waals surface area contributed by atoms with Gasteiger partial charge in [0, 0.05) is 24.9 Å². The van der Waals surface area contributed by atoms with Gasteiger partial charge >= 0.3 is 0 Å². The lowest BCUT2D eigenvalue weighted by molar-refractivity contribution is -0.124. The number of Topliss-reactive ketones (excluding diaryl/α,β-unsaturated/α-hetero) is 1. The number of hydrogen-bond donors (Lipinski definition) is 0. The van der Waals surface area contributed by atoms with Crippen molar-refractivity contribution >= 4 is 17.3 Å². The molecule has 0 saturated carbocycles. The van der Waals surface area contributed by atoms with E-state index in [0.717, 1.165) is 25.0 Å². The lowest BCUT2D eigenvalue weighted by Crippen LogP contribution is -2.47. The third kappa shape index (κ3) is 2.49. The second-order valence-corrected chi connectivity index (χ2v) is 5.73. The lowest BCUT2D eigenvalue weighted by atomic mass is 9.96. The van der Waals surface area contributed by atoms with Crippen LogP contribution in [-0.4, -0.2) is 43.8 Å². The SMILES string of the molecule is CCC(=O)[C@H]1CCCCN1C(=O)c1cnn2ccc(C)nc12. The number of nitrogens with zero attached hydrogens (tertiary/aromatic N) is 4. The van der Waals surface area contributed by atoms with E-state index in [-0.39, 0.29) is 17.7 Å². The van der Waals surface area contributed by atoms with Crippen molar-refractivity contribution < 1.29 is 9.59 Å². The Bertz CT molecular complexity index is 722. The highest BCUT2D eigenvalue weighted by molar-refractivity contribution is 6.02. The summed E-state index contributed by atoms with van der Waals surface area (Å²) in [6.45, 7) is 4.35. The number of fused-ring (bicyclic) bond motifs is 1. The van der Waals surface area contributed by atoms with Gasteiger partial charge in [-0.3, -0.25) is 9.59 Å². The quantitative estimate of drug-likeness (QED) is 0.869. The van der Waals surface area contributed by atoms with Crippen LogP contribution < -0.4 is 0 Å². The van der Waals surface area contributed by atoms with Crippen LogP contribution in [0.25, 0.3) is 5.65 Å². The summed E-state index contributed by atoms with van der Waals surface area (Å²) in [6, 6.07) is 1.55. The zero-order valence-electron chi connectivity index (χ0n) is 13.0. The minimum Gasteiger partial charge on any atom is -0.328 e. The van der Waals surface area contributed by atoms with E-state index < -0.39 is 0 Å². The summed E-state index contributed by atoms with van der Waals surface area (Å²) < 4.78 is 1.60. The fraction of sp³-hybridized carbons (Fsp3) is 0.500. The van der Waals surface area contributed by atoms with Gasteiger partial charge < -0.3 is 4.90 Å². The highest BCUT2D eigenvalue weighted by atomic mass is 16.2. The van der Waals surface area contributed by atoms with Gasteiger partial charge in [0.25, 0.3) is 5.91 Å². The first-order valence-electron chi connectivity index (χ1n) is 7.76. The van der Waals surface area contributed by atoms with E-state index in [0.29, 0.717) is 24.2 Å². The van der Waals surface area contributed by atoms with Gasteiger partial charge in [-0.2, -0.15) is 5.10 Å². The number of carbonyl (C=O) groups is 2. The summed E-state index contributed by atoms with van der Waals surface area (Å²) in [6.07, 6.45) is 6.48. The van der Waals surface area contributed by atoms with Crippen molar-refractivity contribution in [1.29, 1.82) is 0 Å². The molecule has 1 fully saturated rings. The first-order valence-corrected chi connectivity index (χ1v) is 7.76. The zero-order chi connectivity index (χ0) is 15.7. The van der Waals surface area contributed by atoms with Crippen LogP contribution >= 0.6 is 0 Å². The van der Waals surface area contributed by atoms with E-state index in [1.807, 2.05) is 19.9 Å². The smallest absolute Gasteiger partial charge is 0.259 e. The molecule has 2 aromatic rings. The van der Waals surface area contributed by atoms with E-state index in [4.69, 9.17) is 0 Å². The van der Waals surface area contributed by atoms with Gasteiger partial charge in [0.05, 0.1) is 12.2 Å². The molecule has 0 spiro atoms. The number of ketones is 1. The number of likely N-dealkylation sites (tertiary alicyclic amines) is 1. The highest BCUT2D eigenvalue weighted by Crippen LogP contribution is 2.22. The molecule has 0 unspecified atom stereocenters. The van der Waals surface area contributed by atoms with Crippen molar-refractivity contribution in [3.8, 4) is 0 Å². The fourth-order valence-electron chi connectivity index (χ4n) is 3.01. The average Bonchev–Trinajstić information content (AvgIpc) is 2.96. The molecule has 0 bridgehead atoms. The molecule has 1 amide bonds. The maximum atomic E-state index is 12.9. The number of hydrogen-bond acceptors (Lipinski definition) is 4. The predicted molar refractivity (Wildman–Crippen MR) is 81.7 cm³/mol. The number of aromatic nitrogens is 3. The van der Waals surface area contributed by atoms with E-state index >= 15 is 0 Å². The molecule has 0 radical (unpaired) electrons.